The van der Waals surface area contributed by atoms with Gasteiger partial charge >= 0.3 is 0 Å². The first kappa shape index (κ1) is 12.9. The summed E-state index contributed by atoms with van der Waals surface area (Å²) < 4.78 is 0. The third-order valence-corrected chi connectivity index (χ3v) is 2.58. The van der Waals surface area contributed by atoms with E-state index in [2.05, 4.69) is 6.92 Å². The zero-order valence-corrected chi connectivity index (χ0v) is 9.00. The van der Waals surface area contributed by atoms with Crippen molar-refractivity contribution in [2.24, 2.45) is 5.92 Å². The van der Waals surface area contributed by atoms with Crippen LogP contribution in [0.1, 0.15) is 52.4 Å². The second kappa shape index (κ2) is 8.52. The highest BCUT2D eigenvalue weighted by Gasteiger charge is 2.12. The van der Waals surface area contributed by atoms with Gasteiger partial charge in [-0.1, -0.05) is 33.1 Å². The quantitative estimate of drug-likeness (QED) is 0.614. The summed E-state index contributed by atoms with van der Waals surface area (Å²) in [5, 5.41) is 18.3. The largest absolute Gasteiger partial charge is 0.396 e. The minimum atomic E-state index is -0.173. The molecule has 2 nitrogen and oxygen atoms in total. The van der Waals surface area contributed by atoms with Crippen LogP contribution in [0.15, 0.2) is 0 Å². The lowest BCUT2D eigenvalue weighted by atomic mass is 9.92. The molecule has 0 saturated carbocycles. The molecule has 0 aromatic carbocycles. The molecule has 0 saturated heterocycles. The maximum Gasteiger partial charge on any atom is 0.0540 e. The number of aliphatic hydroxyl groups is 2. The summed E-state index contributed by atoms with van der Waals surface area (Å²) in [4.78, 5) is 0. The van der Waals surface area contributed by atoms with Crippen molar-refractivity contribution in [3.8, 4) is 0 Å². The Bertz CT molecular complexity index is 104. The third-order valence-electron chi connectivity index (χ3n) is 2.58. The molecule has 13 heavy (non-hydrogen) atoms. The highest BCUT2D eigenvalue weighted by Crippen LogP contribution is 2.19. The van der Waals surface area contributed by atoms with Crippen molar-refractivity contribution in [3.63, 3.8) is 0 Å². The number of unbranched alkanes of at least 4 members (excludes halogenated alkanes) is 1. The van der Waals surface area contributed by atoms with Crippen LogP contribution in [-0.2, 0) is 0 Å². The minimum absolute atomic E-state index is 0.173. The summed E-state index contributed by atoms with van der Waals surface area (Å²) in [5.41, 5.74) is 0. The first-order chi connectivity index (χ1) is 6.24. The summed E-state index contributed by atoms with van der Waals surface area (Å²) in [6.45, 7) is 4.43. The molecule has 80 valence electrons. The standard InChI is InChI=1S/C11H24O2/c1-3-5-6-10(7-8-12)9-11(13)4-2/h10-13H,3-9H2,1-2H3. The van der Waals surface area contributed by atoms with Gasteiger partial charge in [0.2, 0.25) is 0 Å². The van der Waals surface area contributed by atoms with Crippen LogP contribution in [0.4, 0.5) is 0 Å². The van der Waals surface area contributed by atoms with Gasteiger partial charge in [0, 0.05) is 6.61 Å². The molecule has 0 aliphatic carbocycles. The molecular weight excluding hydrogens is 164 g/mol. The van der Waals surface area contributed by atoms with E-state index >= 15 is 0 Å². The molecule has 0 aliphatic heterocycles. The maximum absolute atomic E-state index is 9.47. The van der Waals surface area contributed by atoms with Crippen molar-refractivity contribution in [1.29, 1.82) is 0 Å². The van der Waals surface area contributed by atoms with Crippen molar-refractivity contribution in [2.45, 2.75) is 58.5 Å². The van der Waals surface area contributed by atoms with Gasteiger partial charge in [-0.05, 0) is 25.2 Å². The maximum atomic E-state index is 9.47. The van der Waals surface area contributed by atoms with Crippen molar-refractivity contribution in [2.75, 3.05) is 6.61 Å². The van der Waals surface area contributed by atoms with Crippen LogP contribution in [0, 0.1) is 5.92 Å². The first-order valence-corrected chi connectivity index (χ1v) is 5.53. The normalized spacial score (nSPS) is 15.7. The molecule has 0 amide bonds. The highest BCUT2D eigenvalue weighted by atomic mass is 16.3. The van der Waals surface area contributed by atoms with Crippen LogP contribution in [0.2, 0.25) is 0 Å². The SMILES string of the molecule is CCCCC(CCO)CC(O)CC. The van der Waals surface area contributed by atoms with Gasteiger partial charge in [0.15, 0.2) is 0 Å². The Morgan fingerprint density at radius 1 is 1.15 bits per heavy atom. The van der Waals surface area contributed by atoms with Crippen LogP contribution >= 0.6 is 0 Å². The molecule has 0 aromatic heterocycles. The molecule has 2 heteroatoms. The van der Waals surface area contributed by atoms with E-state index in [9.17, 15) is 5.11 Å². The lowest BCUT2D eigenvalue weighted by Crippen LogP contribution is -2.14. The number of hydrogen-bond donors (Lipinski definition) is 2. The molecule has 2 unspecified atom stereocenters. The van der Waals surface area contributed by atoms with Crippen LogP contribution in [0.25, 0.3) is 0 Å². The Morgan fingerprint density at radius 3 is 2.31 bits per heavy atom. The van der Waals surface area contributed by atoms with E-state index in [4.69, 9.17) is 5.11 Å². The lowest BCUT2D eigenvalue weighted by molar-refractivity contribution is 0.124. The van der Waals surface area contributed by atoms with E-state index in [0.717, 1.165) is 25.7 Å². The van der Waals surface area contributed by atoms with E-state index in [0.29, 0.717) is 5.92 Å². The Kier molecular flexibility index (Phi) is 8.46. The Morgan fingerprint density at radius 2 is 1.85 bits per heavy atom. The molecule has 0 rings (SSSR count). The number of rotatable bonds is 8. The van der Waals surface area contributed by atoms with E-state index in [1.54, 1.807) is 0 Å². The van der Waals surface area contributed by atoms with Crippen LogP contribution in [0.3, 0.4) is 0 Å². The molecule has 0 aromatic rings. The summed E-state index contributed by atoms with van der Waals surface area (Å²) in [5.74, 6) is 0.514. The fourth-order valence-corrected chi connectivity index (χ4v) is 1.61. The Hall–Kier alpha value is -0.0800. The van der Waals surface area contributed by atoms with Gasteiger partial charge in [-0.15, -0.1) is 0 Å². The average molecular weight is 188 g/mol. The molecule has 0 fully saturated rings. The summed E-state index contributed by atoms with van der Waals surface area (Å²) >= 11 is 0. The molecule has 0 heterocycles. The predicted molar refractivity (Wildman–Crippen MR) is 55.6 cm³/mol. The smallest absolute Gasteiger partial charge is 0.0540 e. The average Bonchev–Trinajstić information content (AvgIpc) is 2.14. The van der Waals surface area contributed by atoms with Crippen LogP contribution in [-0.4, -0.2) is 22.9 Å². The van der Waals surface area contributed by atoms with Gasteiger partial charge in [-0.25, -0.2) is 0 Å². The molecular formula is C11H24O2. The molecule has 0 aliphatic rings. The minimum Gasteiger partial charge on any atom is -0.396 e. The number of hydrogen-bond acceptors (Lipinski definition) is 2. The fraction of sp³-hybridized carbons (Fsp3) is 1.00. The predicted octanol–water partition coefficient (Wildman–Crippen LogP) is 2.34. The molecule has 0 spiro atoms. The van der Waals surface area contributed by atoms with Crippen LogP contribution < -0.4 is 0 Å². The zero-order valence-electron chi connectivity index (χ0n) is 9.00. The third kappa shape index (κ3) is 7.03. The van der Waals surface area contributed by atoms with Gasteiger partial charge in [-0.3, -0.25) is 0 Å². The van der Waals surface area contributed by atoms with Gasteiger partial charge in [0.1, 0.15) is 0 Å². The van der Waals surface area contributed by atoms with E-state index in [1.165, 1.54) is 12.8 Å². The molecule has 0 bridgehead atoms. The monoisotopic (exact) mass is 188 g/mol. The van der Waals surface area contributed by atoms with Gasteiger partial charge in [0.05, 0.1) is 6.10 Å². The van der Waals surface area contributed by atoms with Crippen molar-refractivity contribution in [1.82, 2.24) is 0 Å². The summed E-state index contributed by atoms with van der Waals surface area (Å²) in [7, 11) is 0. The number of aliphatic hydroxyl groups excluding tert-OH is 2. The van der Waals surface area contributed by atoms with Crippen molar-refractivity contribution >= 4 is 0 Å². The van der Waals surface area contributed by atoms with Gasteiger partial charge in [0.25, 0.3) is 0 Å². The summed E-state index contributed by atoms with van der Waals surface area (Å²) in [6, 6.07) is 0. The van der Waals surface area contributed by atoms with E-state index < -0.39 is 0 Å². The van der Waals surface area contributed by atoms with E-state index in [-0.39, 0.29) is 12.7 Å². The molecule has 2 N–H and O–H groups in total. The second-order valence-corrected chi connectivity index (χ2v) is 3.82. The highest BCUT2D eigenvalue weighted by molar-refractivity contribution is 4.64. The Labute approximate surface area is 82.0 Å². The molecule has 0 radical (unpaired) electrons. The summed E-state index contributed by atoms with van der Waals surface area (Å²) in [6.07, 6.45) is 5.91. The van der Waals surface area contributed by atoms with Crippen LogP contribution in [0.5, 0.6) is 0 Å². The topological polar surface area (TPSA) is 40.5 Å². The van der Waals surface area contributed by atoms with E-state index in [1.807, 2.05) is 6.92 Å². The van der Waals surface area contributed by atoms with Gasteiger partial charge in [-0.2, -0.15) is 0 Å². The van der Waals surface area contributed by atoms with Gasteiger partial charge < -0.3 is 10.2 Å². The van der Waals surface area contributed by atoms with Crippen molar-refractivity contribution in [3.05, 3.63) is 0 Å². The lowest BCUT2D eigenvalue weighted by Gasteiger charge is -2.18. The second-order valence-electron chi connectivity index (χ2n) is 3.82. The zero-order chi connectivity index (χ0) is 10.1. The van der Waals surface area contributed by atoms with Crippen molar-refractivity contribution < 1.29 is 10.2 Å². The Balaban J connectivity index is 3.65. The fourth-order valence-electron chi connectivity index (χ4n) is 1.61. The first-order valence-electron chi connectivity index (χ1n) is 5.53. The molecule has 2 atom stereocenters.